The molecule has 1 rings (SSSR count). The molecule has 0 aliphatic rings. The van der Waals surface area contributed by atoms with Gasteiger partial charge in [0.2, 0.25) is 0 Å². The third kappa shape index (κ3) is 3.81. The number of nitrogens with one attached hydrogen (secondary N) is 1. The second kappa shape index (κ2) is 6.34. The highest BCUT2D eigenvalue weighted by Gasteiger charge is 2.21. The van der Waals surface area contributed by atoms with Gasteiger partial charge in [-0.25, -0.2) is 4.79 Å². The van der Waals surface area contributed by atoms with Gasteiger partial charge in [0.15, 0.2) is 10.9 Å². The monoisotopic (exact) mass is 257 g/mol. The maximum absolute atomic E-state index is 11.7. The number of carboxylic acid groups (broad SMARTS) is 1. The van der Waals surface area contributed by atoms with E-state index in [9.17, 15) is 9.59 Å². The second-order valence-corrected chi connectivity index (χ2v) is 4.29. The molecule has 1 amide bonds. The number of carbonyl (C=O) groups excluding carboxylic acids is 1. The number of amides is 1. The van der Waals surface area contributed by atoms with E-state index in [1.165, 1.54) is 17.8 Å². The van der Waals surface area contributed by atoms with E-state index in [0.717, 1.165) is 0 Å². The van der Waals surface area contributed by atoms with Crippen LogP contribution < -0.4 is 5.32 Å². The molecule has 0 saturated carbocycles. The van der Waals surface area contributed by atoms with Crippen molar-refractivity contribution in [2.24, 2.45) is 0 Å². The highest BCUT2D eigenvalue weighted by atomic mass is 32.2. The normalized spacial score (nSPS) is 12.1. The molecule has 0 radical (unpaired) electrons. The smallest absolute Gasteiger partial charge is 0.326 e. The summed E-state index contributed by atoms with van der Waals surface area (Å²) in [5.74, 6) is -1.39. The molecule has 0 fully saturated rings. The fourth-order valence-corrected chi connectivity index (χ4v) is 1.70. The van der Waals surface area contributed by atoms with Crippen molar-refractivity contribution in [1.29, 1.82) is 0 Å². The lowest BCUT2D eigenvalue weighted by molar-refractivity contribution is -0.139. The maximum Gasteiger partial charge on any atom is 0.326 e. The Morgan fingerprint density at radius 3 is 2.71 bits per heavy atom. The zero-order chi connectivity index (χ0) is 12.8. The van der Waals surface area contributed by atoms with E-state index in [1.807, 2.05) is 13.2 Å². The molecule has 0 spiro atoms. The molecule has 1 aromatic rings. The van der Waals surface area contributed by atoms with E-state index in [-0.39, 0.29) is 5.76 Å². The first kappa shape index (κ1) is 13.6. The van der Waals surface area contributed by atoms with Crippen LogP contribution in [0.1, 0.15) is 30.3 Å². The highest BCUT2D eigenvalue weighted by Crippen LogP contribution is 2.18. The molecule has 17 heavy (non-hydrogen) atoms. The Balaban J connectivity index is 2.66. The molecule has 0 aromatic carbocycles. The molecule has 1 aromatic heterocycles. The first-order valence-electron chi connectivity index (χ1n) is 5.26. The molecule has 0 aliphatic carbocycles. The molecule has 5 nitrogen and oxygen atoms in total. The number of aliphatic carboxylic acids is 1. The number of hydrogen-bond acceptors (Lipinski definition) is 4. The molecule has 0 saturated heterocycles. The first-order chi connectivity index (χ1) is 8.08. The number of furan rings is 1. The second-order valence-electron chi connectivity index (χ2n) is 3.48. The number of carboxylic acids is 1. The summed E-state index contributed by atoms with van der Waals surface area (Å²) in [5, 5.41) is 12.0. The predicted octanol–water partition coefficient (Wildman–Crippen LogP) is 1.98. The molecule has 94 valence electrons. The Kier molecular flexibility index (Phi) is 5.09. The summed E-state index contributed by atoms with van der Waals surface area (Å²) < 4.78 is 5.21. The van der Waals surface area contributed by atoms with Gasteiger partial charge in [-0.2, -0.15) is 0 Å². The lowest BCUT2D eigenvalue weighted by Gasteiger charge is -2.11. The van der Waals surface area contributed by atoms with Crippen molar-refractivity contribution in [3.05, 3.63) is 17.9 Å². The molecule has 1 atom stereocenters. The Bertz CT molecular complexity index is 402. The number of rotatable bonds is 6. The molecule has 1 heterocycles. The van der Waals surface area contributed by atoms with Gasteiger partial charge in [-0.05, 0) is 24.8 Å². The summed E-state index contributed by atoms with van der Waals surface area (Å²) in [5.41, 5.74) is 0. The Labute approximate surface area is 104 Å². The topological polar surface area (TPSA) is 79.5 Å². The maximum atomic E-state index is 11.7. The summed E-state index contributed by atoms with van der Waals surface area (Å²) in [7, 11) is 0. The molecule has 0 bridgehead atoms. The van der Waals surface area contributed by atoms with E-state index in [4.69, 9.17) is 9.52 Å². The minimum absolute atomic E-state index is 0.136. The van der Waals surface area contributed by atoms with Crippen LogP contribution in [0.5, 0.6) is 0 Å². The van der Waals surface area contributed by atoms with Crippen LogP contribution in [0.15, 0.2) is 21.6 Å². The van der Waals surface area contributed by atoms with Gasteiger partial charge in [0.25, 0.3) is 5.91 Å². The van der Waals surface area contributed by atoms with Crippen molar-refractivity contribution in [1.82, 2.24) is 5.32 Å². The van der Waals surface area contributed by atoms with Gasteiger partial charge in [0.1, 0.15) is 6.04 Å². The molecular weight excluding hydrogens is 242 g/mol. The van der Waals surface area contributed by atoms with Gasteiger partial charge in [0.05, 0.1) is 0 Å². The fourth-order valence-electron chi connectivity index (χ4n) is 1.33. The van der Waals surface area contributed by atoms with Crippen LogP contribution >= 0.6 is 11.8 Å². The van der Waals surface area contributed by atoms with Crippen LogP contribution in [0.3, 0.4) is 0 Å². The zero-order valence-corrected chi connectivity index (χ0v) is 10.5. The molecule has 0 aliphatic heterocycles. The van der Waals surface area contributed by atoms with E-state index in [2.05, 4.69) is 5.32 Å². The van der Waals surface area contributed by atoms with Gasteiger partial charge in [-0.1, -0.05) is 25.1 Å². The van der Waals surface area contributed by atoms with Crippen molar-refractivity contribution in [3.63, 3.8) is 0 Å². The number of thioether (sulfide) groups is 1. The lowest BCUT2D eigenvalue weighted by atomic mass is 10.1. The van der Waals surface area contributed by atoms with Crippen LogP contribution in [-0.4, -0.2) is 29.3 Å². The van der Waals surface area contributed by atoms with Crippen molar-refractivity contribution in [3.8, 4) is 0 Å². The Morgan fingerprint density at radius 1 is 1.53 bits per heavy atom. The molecule has 1 unspecified atom stereocenters. The summed E-state index contributed by atoms with van der Waals surface area (Å²) in [4.78, 5) is 22.6. The average Bonchev–Trinajstić information content (AvgIpc) is 2.76. The summed E-state index contributed by atoms with van der Waals surface area (Å²) in [6.07, 6.45) is 2.92. The number of carbonyl (C=O) groups is 2. The number of hydrogen-bond donors (Lipinski definition) is 2. The fraction of sp³-hybridized carbons (Fsp3) is 0.455. The van der Waals surface area contributed by atoms with Crippen LogP contribution in [0.25, 0.3) is 0 Å². The van der Waals surface area contributed by atoms with E-state index < -0.39 is 17.9 Å². The minimum Gasteiger partial charge on any atom is -0.480 e. The van der Waals surface area contributed by atoms with E-state index >= 15 is 0 Å². The van der Waals surface area contributed by atoms with Gasteiger partial charge in [-0.15, -0.1) is 0 Å². The van der Waals surface area contributed by atoms with Crippen LogP contribution in [0, 0.1) is 0 Å². The van der Waals surface area contributed by atoms with E-state index in [1.54, 1.807) is 6.07 Å². The van der Waals surface area contributed by atoms with Crippen molar-refractivity contribution in [2.45, 2.75) is 30.9 Å². The Hall–Kier alpha value is -1.43. The zero-order valence-electron chi connectivity index (χ0n) is 9.73. The highest BCUT2D eigenvalue weighted by molar-refractivity contribution is 7.98. The third-order valence-electron chi connectivity index (χ3n) is 2.19. The third-order valence-corrected chi connectivity index (χ3v) is 2.81. The van der Waals surface area contributed by atoms with E-state index in [0.29, 0.717) is 17.9 Å². The molecule has 2 N–H and O–H groups in total. The van der Waals surface area contributed by atoms with Gasteiger partial charge in [-0.3, -0.25) is 4.79 Å². The first-order valence-corrected chi connectivity index (χ1v) is 6.48. The minimum atomic E-state index is -1.03. The SMILES string of the molecule is CCCC(NC(=O)c1ccc(SC)o1)C(=O)O. The summed E-state index contributed by atoms with van der Waals surface area (Å²) in [6.45, 7) is 1.86. The quantitative estimate of drug-likeness (QED) is 0.762. The average molecular weight is 257 g/mol. The van der Waals surface area contributed by atoms with Gasteiger partial charge >= 0.3 is 5.97 Å². The Morgan fingerprint density at radius 2 is 2.24 bits per heavy atom. The van der Waals surface area contributed by atoms with Crippen LogP contribution in [-0.2, 0) is 4.79 Å². The molecular formula is C11H15NO4S. The summed E-state index contributed by atoms with van der Waals surface area (Å²) in [6, 6.07) is 2.34. The van der Waals surface area contributed by atoms with Gasteiger partial charge < -0.3 is 14.8 Å². The van der Waals surface area contributed by atoms with Crippen molar-refractivity contribution >= 4 is 23.6 Å². The standard InChI is InChI=1S/C11H15NO4S/c1-3-4-7(11(14)15)12-10(13)8-5-6-9(16-8)17-2/h5-7H,3-4H2,1-2H3,(H,12,13)(H,14,15). The summed E-state index contributed by atoms with van der Waals surface area (Å²) >= 11 is 1.38. The largest absolute Gasteiger partial charge is 0.480 e. The van der Waals surface area contributed by atoms with Crippen LogP contribution in [0.4, 0.5) is 0 Å². The predicted molar refractivity (Wildman–Crippen MR) is 64.3 cm³/mol. The van der Waals surface area contributed by atoms with Crippen LogP contribution in [0.2, 0.25) is 0 Å². The molecule has 6 heteroatoms. The van der Waals surface area contributed by atoms with Gasteiger partial charge in [0, 0.05) is 0 Å². The lowest BCUT2D eigenvalue weighted by Crippen LogP contribution is -2.40. The van der Waals surface area contributed by atoms with Crippen molar-refractivity contribution < 1.29 is 19.1 Å². The van der Waals surface area contributed by atoms with Crippen molar-refractivity contribution in [2.75, 3.05) is 6.26 Å².